The average molecular weight is 485 g/mol. The molecule has 0 bridgehead atoms. The molecule has 2 aromatic rings. The van der Waals surface area contributed by atoms with E-state index in [1.807, 2.05) is 12.1 Å². The summed E-state index contributed by atoms with van der Waals surface area (Å²) in [5.74, 6) is 4.22. The van der Waals surface area contributed by atoms with Crippen molar-refractivity contribution in [3.63, 3.8) is 0 Å². The molecule has 0 aliphatic heterocycles. The smallest absolute Gasteiger partial charge is 0.123 e. The van der Waals surface area contributed by atoms with Gasteiger partial charge >= 0.3 is 0 Å². The van der Waals surface area contributed by atoms with Crippen molar-refractivity contribution >= 4 is 8.07 Å². The Morgan fingerprint density at radius 2 is 1.21 bits per heavy atom. The molecule has 0 saturated heterocycles. The number of rotatable bonds is 10. The first-order valence-electron chi connectivity index (χ1n) is 12.6. The van der Waals surface area contributed by atoms with Crippen LogP contribution in [0.1, 0.15) is 76.5 Å². The van der Waals surface area contributed by atoms with Gasteiger partial charge in [-0.2, -0.15) is 0 Å². The van der Waals surface area contributed by atoms with E-state index in [1.54, 1.807) is 28.4 Å². The summed E-state index contributed by atoms with van der Waals surface area (Å²) >= 11 is 0. The Labute approximate surface area is 208 Å². The van der Waals surface area contributed by atoms with Crippen LogP contribution in [0.25, 0.3) is 0 Å². The molecule has 188 valence electrons. The summed E-state index contributed by atoms with van der Waals surface area (Å²) in [6, 6.07) is 11.5. The second-order valence-electron chi connectivity index (χ2n) is 10.7. The molecule has 2 atom stereocenters. The predicted octanol–water partition coefficient (Wildman–Crippen LogP) is 8.02. The van der Waals surface area contributed by atoms with E-state index in [-0.39, 0.29) is 5.92 Å². The van der Waals surface area contributed by atoms with Crippen molar-refractivity contribution in [1.29, 1.82) is 0 Å². The van der Waals surface area contributed by atoms with Crippen molar-refractivity contribution in [2.24, 2.45) is 0 Å². The predicted molar refractivity (Wildman–Crippen MR) is 144 cm³/mol. The Morgan fingerprint density at radius 3 is 1.68 bits per heavy atom. The number of methoxy groups -OCH3 is 4. The van der Waals surface area contributed by atoms with Gasteiger partial charge in [-0.15, -0.1) is 0 Å². The van der Waals surface area contributed by atoms with Crippen LogP contribution in [0.3, 0.4) is 0 Å². The quantitative estimate of drug-likeness (QED) is 0.320. The number of ether oxygens (including phenoxy) is 4. The fraction of sp³-hybridized carbons (Fsp3) is 0.586. The van der Waals surface area contributed by atoms with Crippen molar-refractivity contribution in [2.45, 2.75) is 82.5 Å². The fourth-order valence-electron chi connectivity index (χ4n) is 6.97. The summed E-state index contributed by atoms with van der Waals surface area (Å²) in [6.45, 7) is 14.7. The molecule has 3 rings (SSSR count). The van der Waals surface area contributed by atoms with Crippen LogP contribution in [-0.4, -0.2) is 36.5 Å². The minimum Gasteiger partial charge on any atom is -0.497 e. The number of hydrogen-bond acceptors (Lipinski definition) is 4. The lowest BCUT2D eigenvalue weighted by molar-refractivity contribution is 0.391. The molecule has 1 aliphatic carbocycles. The van der Waals surface area contributed by atoms with Gasteiger partial charge in [0.1, 0.15) is 23.0 Å². The third-order valence-corrected chi connectivity index (χ3v) is 16.2. The van der Waals surface area contributed by atoms with E-state index >= 15 is 0 Å². The molecule has 0 fully saturated rings. The van der Waals surface area contributed by atoms with Gasteiger partial charge in [-0.3, -0.25) is 0 Å². The standard InChI is InChI=1S/C29H44O4Si/c1-18(2)34(19(3)4,20(5)6)17-21-15-24(23-16-22(30-7)11-12-25(23)31-8)29-27(33-10)14-13-26(32-9)28(21)29/h11-14,16,18-21,24H,15,17H2,1-10H3. The lowest BCUT2D eigenvalue weighted by Gasteiger charge is -2.45. The van der Waals surface area contributed by atoms with Gasteiger partial charge in [-0.05, 0) is 48.7 Å². The maximum Gasteiger partial charge on any atom is 0.123 e. The minimum atomic E-state index is -1.65. The molecule has 0 amide bonds. The van der Waals surface area contributed by atoms with Crippen LogP contribution in [-0.2, 0) is 0 Å². The van der Waals surface area contributed by atoms with Crippen LogP contribution < -0.4 is 18.9 Å². The normalized spacial score (nSPS) is 17.9. The first-order valence-corrected chi connectivity index (χ1v) is 15.1. The summed E-state index contributed by atoms with van der Waals surface area (Å²) in [7, 11) is 5.37. The average Bonchev–Trinajstić information content (AvgIpc) is 3.19. The Morgan fingerprint density at radius 1 is 0.706 bits per heavy atom. The highest BCUT2D eigenvalue weighted by atomic mass is 28.3. The molecule has 34 heavy (non-hydrogen) atoms. The van der Waals surface area contributed by atoms with Crippen LogP contribution in [0.2, 0.25) is 22.7 Å². The highest BCUT2D eigenvalue weighted by molar-refractivity contribution is 6.83. The Hall–Kier alpha value is -2.14. The number of fused-ring (bicyclic) bond motifs is 1. The summed E-state index contributed by atoms with van der Waals surface area (Å²) in [6.07, 6.45) is 1.02. The lowest BCUT2D eigenvalue weighted by atomic mass is 9.91. The highest BCUT2D eigenvalue weighted by Crippen LogP contribution is 2.59. The zero-order valence-electron chi connectivity index (χ0n) is 22.8. The highest BCUT2D eigenvalue weighted by Gasteiger charge is 2.48. The van der Waals surface area contributed by atoms with Crippen LogP contribution >= 0.6 is 0 Å². The van der Waals surface area contributed by atoms with E-state index in [0.717, 1.165) is 35.0 Å². The topological polar surface area (TPSA) is 36.9 Å². The molecule has 5 heteroatoms. The minimum absolute atomic E-state index is 0.160. The Kier molecular flexibility index (Phi) is 8.28. The third kappa shape index (κ3) is 4.44. The molecule has 0 aromatic heterocycles. The summed E-state index contributed by atoms with van der Waals surface area (Å²) in [4.78, 5) is 0. The van der Waals surface area contributed by atoms with E-state index < -0.39 is 8.07 Å². The molecule has 4 nitrogen and oxygen atoms in total. The lowest BCUT2D eigenvalue weighted by Crippen LogP contribution is -2.45. The zero-order chi connectivity index (χ0) is 25.2. The monoisotopic (exact) mass is 484 g/mol. The third-order valence-electron chi connectivity index (χ3n) is 8.56. The van der Waals surface area contributed by atoms with Gasteiger partial charge in [0.2, 0.25) is 0 Å². The van der Waals surface area contributed by atoms with Crippen molar-refractivity contribution in [1.82, 2.24) is 0 Å². The molecular formula is C29H44O4Si. The molecule has 0 N–H and O–H groups in total. The summed E-state index contributed by atoms with van der Waals surface area (Å²) < 4.78 is 23.4. The molecular weight excluding hydrogens is 440 g/mol. The Bertz CT molecular complexity index is 961. The van der Waals surface area contributed by atoms with Crippen molar-refractivity contribution in [2.75, 3.05) is 28.4 Å². The van der Waals surface area contributed by atoms with Crippen LogP contribution in [0, 0.1) is 0 Å². The largest absolute Gasteiger partial charge is 0.497 e. The van der Waals surface area contributed by atoms with Gasteiger partial charge in [-0.25, -0.2) is 0 Å². The van der Waals surface area contributed by atoms with Crippen LogP contribution in [0.15, 0.2) is 30.3 Å². The Balaban J connectivity index is 2.24. The van der Waals surface area contributed by atoms with Crippen LogP contribution in [0.5, 0.6) is 23.0 Å². The molecule has 2 aromatic carbocycles. The maximum absolute atomic E-state index is 5.97. The van der Waals surface area contributed by atoms with Gasteiger partial charge in [0, 0.05) is 22.6 Å². The van der Waals surface area contributed by atoms with Gasteiger partial charge in [0.25, 0.3) is 0 Å². The summed E-state index contributed by atoms with van der Waals surface area (Å²) in [5.41, 5.74) is 5.85. The van der Waals surface area contributed by atoms with E-state index in [1.165, 1.54) is 17.2 Å². The second-order valence-corrected chi connectivity index (χ2v) is 16.8. The maximum atomic E-state index is 5.97. The SMILES string of the molecule is COc1ccc(OC)c(C2CC(C[Si](C(C)C)(C(C)C)C(C)C)c3c(OC)ccc(OC)c32)c1. The van der Waals surface area contributed by atoms with E-state index in [0.29, 0.717) is 22.5 Å². The fourth-order valence-corrected chi connectivity index (χ4v) is 13.6. The molecule has 0 saturated carbocycles. The van der Waals surface area contributed by atoms with E-state index in [9.17, 15) is 0 Å². The molecule has 1 aliphatic rings. The van der Waals surface area contributed by atoms with Crippen molar-refractivity contribution in [3.8, 4) is 23.0 Å². The van der Waals surface area contributed by atoms with E-state index in [2.05, 4.69) is 59.7 Å². The van der Waals surface area contributed by atoms with Gasteiger partial charge in [0.15, 0.2) is 0 Å². The van der Waals surface area contributed by atoms with Gasteiger partial charge in [-0.1, -0.05) is 58.2 Å². The first kappa shape index (κ1) is 26.5. The number of benzene rings is 2. The summed E-state index contributed by atoms with van der Waals surface area (Å²) in [5, 5.41) is 0. The van der Waals surface area contributed by atoms with Crippen molar-refractivity contribution < 1.29 is 18.9 Å². The van der Waals surface area contributed by atoms with Gasteiger partial charge in [0.05, 0.1) is 36.5 Å². The zero-order valence-corrected chi connectivity index (χ0v) is 23.8. The number of hydrogen-bond donors (Lipinski definition) is 0. The molecule has 0 spiro atoms. The van der Waals surface area contributed by atoms with Crippen LogP contribution in [0.4, 0.5) is 0 Å². The van der Waals surface area contributed by atoms with Gasteiger partial charge < -0.3 is 18.9 Å². The first-order chi connectivity index (χ1) is 16.2. The molecule has 0 radical (unpaired) electrons. The molecule has 2 unspecified atom stereocenters. The van der Waals surface area contributed by atoms with E-state index in [4.69, 9.17) is 18.9 Å². The second kappa shape index (κ2) is 10.6. The van der Waals surface area contributed by atoms with Crippen molar-refractivity contribution in [3.05, 3.63) is 47.0 Å². The molecule has 0 heterocycles.